The van der Waals surface area contributed by atoms with Crippen LogP contribution in [0.3, 0.4) is 0 Å². The van der Waals surface area contributed by atoms with Gasteiger partial charge in [-0.05, 0) is 43.3 Å². The van der Waals surface area contributed by atoms with E-state index in [2.05, 4.69) is 37.4 Å². The van der Waals surface area contributed by atoms with Gasteiger partial charge in [0.25, 0.3) is 5.91 Å². The minimum absolute atomic E-state index is 0.0594. The number of methoxy groups -OCH3 is 1. The summed E-state index contributed by atoms with van der Waals surface area (Å²) in [6, 6.07) is 12.7. The lowest BCUT2D eigenvalue weighted by Crippen LogP contribution is -2.28. The molecular formula is C28H31FN6O4. The van der Waals surface area contributed by atoms with Gasteiger partial charge in [0.15, 0.2) is 11.5 Å². The van der Waals surface area contributed by atoms with Crippen LogP contribution in [0.5, 0.6) is 11.5 Å². The molecule has 0 radical (unpaired) electrons. The van der Waals surface area contributed by atoms with E-state index in [1.807, 2.05) is 12.1 Å². The fourth-order valence-electron chi connectivity index (χ4n) is 3.98. The molecule has 1 amide bonds. The average molecular weight is 535 g/mol. The molecule has 0 fully saturated rings. The van der Waals surface area contributed by atoms with Crippen LogP contribution < -0.4 is 20.1 Å². The van der Waals surface area contributed by atoms with E-state index >= 15 is 0 Å². The van der Waals surface area contributed by atoms with Crippen molar-refractivity contribution in [2.24, 2.45) is 0 Å². The quantitative estimate of drug-likeness (QED) is 0.216. The topological polar surface area (TPSA) is 122 Å². The van der Waals surface area contributed by atoms with Gasteiger partial charge in [0.1, 0.15) is 23.8 Å². The fraction of sp³-hybridized carbons (Fsp3) is 0.286. The first-order chi connectivity index (χ1) is 19.0. The SMILES string of the molecule is CCN(CCO)CCCOc1cc2ncnc(Nc3ccc(NC(=O)c4ccccc4F)nc3)c2cc1OC. The molecule has 10 nitrogen and oxygen atoms in total. The summed E-state index contributed by atoms with van der Waals surface area (Å²) in [6.45, 7) is 5.02. The molecule has 2 aromatic heterocycles. The van der Waals surface area contributed by atoms with Crippen molar-refractivity contribution in [2.75, 3.05) is 50.6 Å². The Morgan fingerprint density at radius 1 is 1.08 bits per heavy atom. The second kappa shape index (κ2) is 13.4. The number of ether oxygens (including phenoxy) is 2. The standard InChI is InChI=1S/C28H31FN6O4/c1-3-35(12-13-36)11-6-14-39-25-16-23-21(15-24(25)38-2)27(32-18-31-23)33-19-9-10-26(30-17-19)34-28(37)20-7-4-5-8-22(20)29/h4-5,7-10,15-18,36H,3,6,11-14H2,1-2H3,(H,30,34,37)(H,31,32,33). The highest BCUT2D eigenvalue weighted by molar-refractivity contribution is 6.04. The second-order valence-corrected chi connectivity index (χ2v) is 8.59. The Morgan fingerprint density at radius 3 is 2.64 bits per heavy atom. The average Bonchev–Trinajstić information content (AvgIpc) is 2.95. The summed E-state index contributed by atoms with van der Waals surface area (Å²) >= 11 is 0. The number of rotatable bonds is 13. The predicted octanol–water partition coefficient (Wildman–Crippen LogP) is 4.25. The van der Waals surface area contributed by atoms with Crippen LogP contribution in [0.25, 0.3) is 10.9 Å². The molecule has 4 rings (SSSR count). The summed E-state index contributed by atoms with van der Waals surface area (Å²) in [7, 11) is 1.57. The van der Waals surface area contributed by atoms with Gasteiger partial charge in [-0.15, -0.1) is 0 Å². The zero-order chi connectivity index (χ0) is 27.6. The van der Waals surface area contributed by atoms with Crippen molar-refractivity contribution in [3.8, 4) is 11.5 Å². The smallest absolute Gasteiger partial charge is 0.259 e. The molecular weight excluding hydrogens is 503 g/mol. The number of hydrogen-bond acceptors (Lipinski definition) is 9. The van der Waals surface area contributed by atoms with Crippen molar-refractivity contribution in [2.45, 2.75) is 13.3 Å². The number of halogens is 1. The summed E-state index contributed by atoms with van der Waals surface area (Å²) in [6.07, 6.45) is 3.79. The highest BCUT2D eigenvalue weighted by atomic mass is 19.1. The van der Waals surface area contributed by atoms with E-state index in [1.165, 1.54) is 30.7 Å². The number of nitrogens with zero attached hydrogens (tertiary/aromatic N) is 4. The minimum Gasteiger partial charge on any atom is -0.493 e. The molecule has 4 aromatic rings. The zero-order valence-electron chi connectivity index (χ0n) is 21.9. The van der Waals surface area contributed by atoms with Crippen LogP contribution in [0.1, 0.15) is 23.7 Å². The number of aliphatic hydroxyl groups is 1. The first-order valence-electron chi connectivity index (χ1n) is 12.6. The lowest BCUT2D eigenvalue weighted by Gasteiger charge is -2.19. The Balaban J connectivity index is 1.44. The molecule has 0 spiro atoms. The van der Waals surface area contributed by atoms with Crippen molar-refractivity contribution in [1.82, 2.24) is 19.9 Å². The Hall–Kier alpha value is -4.35. The van der Waals surface area contributed by atoms with E-state index < -0.39 is 11.7 Å². The number of amides is 1. The van der Waals surface area contributed by atoms with E-state index in [4.69, 9.17) is 14.6 Å². The summed E-state index contributed by atoms with van der Waals surface area (Å²) in [5.74, 6) is 0.764. The van der Waals surface area contributed by atoms with Gasteiger partial charge in [-0.25, -0.2) is 19.3 Å². The molecule has 0 saturated heterocycles. The van der Waals surface area contributed by atoms with Crippen molar-refractivity contribution >= 4 is 34.1 Å². The van der Waals surface area contributed by atoms with Crippen LogP contribution in [-0.4, -0.2) is 70.8 Å². The molecule has 0 aliphatic heterocycles. The molecule has 0 saturated carbocycles. The molecule has 0 aliphatic rings. The maximum absolute atomic E-state index is 13.9. The largest absolute Gasteiger partial charge is 0.493 e. The van der Waals surface area contributed by atoms with Gasteiger partial charge in [0, 0.05) is 24.5 Å². The van der Waals surface area contributed by atoms with Crippen LogP contribution in [-0.2, 0) is 0 Å². The Labute approximate surface area is 225 Å². The first-order valence-corrected chi connectivity index (χ1v) is 12.6. The number of carbonyl (C=O) groups excluding carboxylic acids is 1. The van der Waals surface area contributed by atoms with Gasteiger partial charge in [0.05, 0.1) is 43.3 Å². The van der Waals surface area contributed by atoms with Gasteiger partial charge in [0.2, 0.25) is 0 Å². The number of likely N-dealkylation sites (N-methyl/N-ethyl adjacent to an activating group) is 1. The van der Waals surface area contributed by atoms with Gasteiger partial charge in [-0.1, -0.05) is 19.1 Å². The molecule has 11 heteroatoms. The van der Waals surface area contributed by atoms with Crippen LogP contribution in [0, 0.1) is 5.82 Å². The third kappa shape index (κ3) is 7.15. The zero-order valence-corrected chi connectivity index (χ0v) is 21.9. The third-order valence-electron chi connectivity index (χ3n) is 6.05. The monoisotopic (exact) mass is 534 g/mol. The molecule has 0 atom stereocenters. The molecule has 2 aromatic carbocycles. The number of nitrogens with one attached hydrogen (secondary N) is 2. The molecule has 0 bridgehead atoms. The number of hydrogen-bond donors (Lipinski definition) is 3. The number of pyridine rings is 1. The molecule has 2 heterocycles. The molecule has 204 valence electrons. The number of anilines is 3. The molecule has 39 heavy (non-hydrogen) atoms. The van der Waals surface area contributed by atoms with Crippen LogP contribution >= 0.6 is 0 Å². The van der Waals surface area contributed by atoms with Crippen LogP contribution in [0.2, 0.25) is 0 Å². The lowest BCUT2D eigenvalue weighted by atomic mass is 10.2. The van der Waals surface area contributed by atoms with E-state index in [9.17, 15) is 9.18 Å². The van der Waals surface area contributed by atoms with Gasteiger partial charge in [-0.2, -0.15) is 0 Å². The van der Waals surface area contributed by atoms with Gasteiger partial charge in [-0.3, -0.25) is 4.79 Å². The molecule has 3 N–H and O–H groups in total. The van der Waals surface area contributed by atoms with E-state index in [0.717, 1.165) is 24.9 Å². The summed E-state index contributed by atoms with van der Waals surface area (Å²) < 4.78 is 25.4. The van der Waals surface area contributed by atoms with E-state index in [0.29, 0.717) is 41.7 Å². The maximum atomic E-state index is 13.9. The number of fused-ring (bicyclic) bond motifs is 1. The minimum atomic E-state index is -0.603. The number of aliphatic hydroxyl groups excluding tert-OH is 1. The van der Waals surface area contributed by atoms with Crippen LogP contribution in [0.4, 0.5) is 21.7 Å². The lowest BCUT2D eigenvalue weighted by molar-refractivity contribution is 0.102. The Bertz CT molecular complexity index is 1400. The van der Waals surface area contributed by atoms with Gasteiger partial charge < -0.3 is 30.1 Å². The summed E-state index contributed by atoms with van der Waals surface area (Å²) in [4.78, 5) is 27.5. The molecule has 0 aliphatic carbocycles. The first kappa shape index (κ1) is 27.7. The van der Waals surface area contributed by atoms with Crippen molar-refractivity contribution in [3.63, 3.8) is 0 Å². The number of aromatic nitrogens is 3. The number of carbonyl (C=O) groups is 1. The Morgan fingerprint density at radius 2 is 1.92 bits per heavy atom. The highest BCUT2D eigenvalue weighted by Crippen LogP contribution is 2.34. The van der Waals surface area contributed by atoms with Crippen molar-refractivity contribution in [3.05, 3.63) is 72.4 Å². The second-order valence-electron chi connectivity index (χ2n) is 8.59. The summed E-state index contributed by atoms with van der Waals surface area (Å²) in [5, 5.41) is 15.7. The fourth-order valence-corrected chi connectivity index (χ4v) is 3.98. The van der Waals surface area contributed by atoms with Crippen LogP contribution in [0.15, 0.2) is 61.1 Å². The normalized spacial score (nSPS) is 11.0. The Kier molecular flexibility index (Phi) is 9.54. The highest BCUT2D eigenvalue weighted by Gasteiger charge is 2.14. The predicted molar refractivity (Wildman–Crippen MR) is 147 cm³/mol. The maximum Gasteiger partial charge on any atom is 0.259 e. The van der Waals surface area contributed by atoms with Crippen molar-refractivity contribution in [1.29, 1.82) is 0 Å². The van der Waals surface area contributed by atoms with E-state index in [1.54, 1.807) is 25.3 Å². The van der Waals surface area contributed by atoms with E-state index in [-0.39, 0.29) is 18.0 Å². The van der Waals surface area contributed by atoms with Crippen molar-refractivity contribution < 1.29 is 23.8 Å². The number of benzene rings is 2. The molecule has 0 unspecified atom stereocenters. The van der Waals surface area contributed by atoms with Gasteiger partial charge >= 0.3 is 0 Å². The summed E-state index contributed by atoms with van der Waals surface area (Å²) in [5.41, 5.74) is 1.23. The third-order valence-corrected chi connectivity index (χ3v) is 6.05.